The van der Waals surface area contributed by atoms with Crippen molar-refractivity contribution in [2.75, 3.05) is 12.4 Å². The van der Waals surface area contributed by atoms with Crippen LogP contribution in [-0.4, -0.2) is 17.1 Å². The van der Waals surface area contributed by atoms with Gasteiger partial charge in [0.1, 0.15) is 22.7 Å². The molecule has 1 aliphatic rings. The van der Waals surface area contributed by atoms with Crippen LogP contribution in [0.25, 0.3) is 10.2 Å². The molecule has 1 atom stereocenters. The lowest BCUT2D eigenvalue weighted by Crippen LogP contribution is -2.26. The zero-order chi connectivity index (χ0) is 18.3. The Morgan fingerprint density at radius 1 is 1.19 bits per heavy atom. The van der Waals surface area contributed by atoms with E-state index in [1.165, 1.54) is 22.2 Å². The summed E-state index contributed by atoms with van der Waals surface area (Å²) < 4.78 is 5.47. The molecular formula is C21H25N3OS. The molecule has 1 N–H and O–H groups in total. The summed E-state index contributed by atoms with van der Waals surface area (Å²) in [5.41, 5.74) is 2.71. The predicted octanol–water partition coefficient (Wildman–Crippen LogP) is 5.59. The van der Waals surface area contributed by atoms with Crippen molar-refractivity contribution in [1.82, 2.24) is 9.97 Å². The SMILES string of the molecule is COc1ccccc1Nc1ncnc2sc3c(c12)CCC(C(C)(C)C)C3. The normalized spacial score (nSPS) is 17.2. The Bertz CT molecular complexity index is 942. The van der Waals surface area contributed by atoms with Gasteiger partial charge in [-0.3, -0.25) is 0 Å². The Labute approximate surface area is 158 Å². The first-order valence-corrected chi connectivity index (χ1v) is 9.94. The molecule has 0 saturated carbocycles. The number of nitrogens with one attached hydrogen (secondary N) is 1. The summed E-state index contributed by atoms with van der Waals surface area (Å²) in [7, 11) is 1.69. The Morgan fingerprint density at radius 3 is 2.77 bits per heavy atom. The number of methoxy groups -OCH3 is 1. The summed E-state index contributed by atoms with van der Waals surface area (Å²) in [6.45, 7) is 7.05. The van der Waals surface area contributed by atoms with Gasteiger partial charge in [-0.1, -0.05) is 32.9 Å². The van der Waals surface area contributed by atoms with Crippen molar-refractivity contribution in [3.05, 3.63) is 41.0 Å². The van der Waals surface area contributed by atoms with E-state index in [1.54, 1.807) is 13.4 Å². The monoisotopic (exact) mass is 367 g/mol. The third kappa shape index (κ3) is 3.05. The summed E-state index contributed by atoms with van der Waals surface area (Å²) in [6.07, 6.45) is 5.13. The number of aryl methyl sites for hydroxylation is 1. The first-order chi connectivity index (χ1) is 12.5. The number of rotatable bonds is 3. The van der Waals surface area contributed by atoms with Crippen LogP contribution in [0.3, 0.4) is 0 Å². The Hall–Kier alpha value is -2.14. The molecule has 0 amide bonds. The number of fused-ring (bicyclic) bond motifs is 3. The second kappa shape index (κ2) is 6.54. The molecular weight excluding hydrogens is 342 g/mol. The van der Waals surface area contributed by atoms with E-state index in [1.807, 2.05) is 35.6 Å². The predicted molar refractivity (Wildman–Crippen MR) is 109 cm³/mol. The van der Waals surface area contributed by atoms with Gasteiger partial charge in [-0.15, -0.1) is 11.3 Å². The van der Waals surface area contributed by atoms with Crippen LogP contribution in [0.2, 0.25) is 0 Å². The molecule has 3 aromatic rings. The van der Waals surface area contributed by atoms with Gasteiger partial charge >= 0.3 is 0 Å². The fraction of sp³-hybridized carbons (Fsp3) is 0.429. The van der Waals surface area contributed by atoms with Crippen LogP contribution in [-0.2, 0) is 12.8 Å². The van der Waals surface area contributed by atoms with E-state index in [2.05, 4.69) is 36.1 Å². The molecule has 0 fully saturated rings. The van der Waals surface area contributed by atoms with Gasteiger partial charge < -0.3 is 10.1 Å². The number of aromatic nitrogens is 2. The molecule has 26 heavy (non-hydrogen) atoms. The van der Waals surface area contributed by atoms with E-state index in [-0.39, 0.29) is 0 Å². The highest BCUT2D eigenvalue weighted by molar-refractivity contribution is 7.19. The van der Waals surface area contributed by atoms with Crippen molar-refractivity contribution in [1.29, 1.82) is 0 Å². The van der Waals surface area contributed by atoms with E-state index >= 15 is 0 Å². The van der Waals surface area contributed by atoms with E-state index in [9.17, 15) is 0 Å². The molecule has 136 valence electrons. The smallest absolute Gasteiger partial charge is 0.142 e. The standard InChI is InChI=1S/C21H25N3OS/c1-21(2,3)13-9-10-14-17(11-13)26-20-18(14)19(22-12-23-20)24-15-7-5-6-8-16(15)25-4/h5-8,12-13H,9-11H2,1-4H3,(H,22,23,24). The third-order valence-electron chi connectivity index (χ3n) is 5.43. The molecule has 0 bridgehead atoms. The quantitative estimate of drug-likeness (QED) is 0.655. The van der Waals surface area contributed by atoms with Crippen molar-refractivity contribution in [2.24, 2.45) is 11.3 Å². The molecule has 2 heterocycles. The number of hydrogen-bond acceptors (Lipinski definition) is 5. The average molecular weight is 368 g/mol. The summed E-state index contributed by atoms with van der Waals surface area (Å²) >= 11 is 1.83. The third-order valence-corrected chi connectivity index (χ3v) is 6.59. The molecule has 4 rings (SSSR count). The minimum absolute atomic E-state index is 0.345. The van der Waals surface area contributed by atoms with Gasteiger partial charge in [-0.2, -0.15) is 0 Å². The number of thiophene rings is 1. The Kier molecular flexibility index (Phi) is 4.35. The van der Waals surface area contributed by atoms with Crippen LogP contribution < -0.4 is 10.1 Å². The maximum absolute atomic E-state index is 5.47. The maximum Gasteiger partial charge on any atom is 0.142 e. The summed E-state index contributed by atoms with van der Waals surface area (Å²) in [6, 6.07) is 7.94. The molecule has 2 aromatic heterocycles. The van der Waals surface area contributed by atoms with Crippen LogP contribution in [0.15, 0.2) is 30.6 Å². The van der Waals surface area contributed by atoms with Crippen LogP contribution in [0.1, 0.15) is 37.6 Å². The number of ether oxygens (including phenoxy) is 1. The van der Waals surface area contributed by atoms with Gasteiger partial charge in [0.15, 0.2) is 0 Å². The highest BCUT2D eigenvalue weighted by Crippen LogP contribution is 2.44. The number of hydrogen-bond donors (Lipinski definition) is 1. The molecule has 1 aromatic carbocycles. The van der Waals surface area contributed by atoms with Crippen LogP contribution in [0.5, 0.6) is 5.75 Å². The molecule has 1 aliphatic carbocycles. The average Bonchev–Trinajstić information content (AvgIpc) is 3.00. The van der Waals surface area contributed by atoms with E-state index in [0.29, 0.717) is 5.41 Å². The largest absolute Gasteiger partial charge is 0.495 e. The fourth-order valence-corrected chi connectivity index (χ4v) is 5.09. The summed E-state index contributed by atoms with van der Waals surface area (Å²) in [4.78, 5) is 11.7. The summed E-state index contributed by atoms with van der Waals surface area (Å²) in [5.74, 6) is 2.42. The second-order valence-electron chi connectivity index (χ2n) is 8.04. The number of anilines is 2. The van der Waals surface area contributed by atoms with Crippen LogP contribution >= 0.6 is 11.3 Å². The van der Waals surface area contributed by atoms with Crippen molar-refractivity contribution in [3.63, 3.8) is 0 Å². The molecule has 4 nitrogen and oxygen atoms in total. The van der Waals surface area contributed by atoms with Gasteiger partial charge in [0.25, 0.3) is 0 Å². The van der Waals surface area contributed by atoms with E-state index in [4.69, 9.17) is 4.74 Å². The number of nitrogens with zero attached hydrogens (tertiary/aromatic N) is 2. The van der Waals surface area contributed by atoms with Gasteiger partial charge in [0, 0.05) is 4.88 Å². The van der Waals surface area contributed by atoms with Crippen molar-refractivity contribution < 1.29 is 4.74 Å². The molecule has 0 saturated heterocycles. The first kappa shape index (κ1) is 17.3. The van der Waals surface area contributed by atoms with Crippen LogP contribution in [0, 0.1) is 11.3 Å². The van der Waals surface area contributed by atoms with Crippen LogP contribution in [0.4, 0.5) is 11.5 Å². The van der Waals surface area contributed by atoms with Crippen molar-refractivity contribution in [3.8, 4) is 5.75 Å². The van der Waals surface area contributed by atoms with Crippen molar-refractivity contribution in [2.45, 2.75) is 40.0 Å². The molecule has 5 heteroatoms. The number of benzene rings is 1. The minimum atomic E-state index is 0.345. The van der Waals surface area contributed by atoms with E-state index < -0.39 is 0 Å². The highest BCUT2D eigenvalue weighted by atomic mass is 32.1. The molecule has 0 aliphatic heterocycles. The minimum Gasteiger partial charge on any atom is -0.495 e. The first-order valence-electron chi connectivity index (χ1n) is 9.12. The summed E-state index contributed by atoms with van der Waals surface area (Å²) in [5, 5.41) is 4.66. The maximum atomic E-state index is 5.47. The molecule has 0 spiro atoms. The lowest BCUT2D eigenvalue weighted by atomic mass is 9.72. The zero-order valence-electron chi connectivity index (χ0n) is 15.8. The van der Waals surface area contributed by atoms with Gasteiger partial charge in [0.2, 0.25) is 0 Å². The van der Waals surface area contributed by atoms with Gasteiger partial charge in [-0.05, 0) is 48.3 Å². The van der Waals surface area contributed by atoms with E-state index in [0.717, 1.165) is 40.8 Å². The second-order valence-corrected chi connectivity index (χ2v) is 9.12. The van der Waals surface area contributed by atoms with Gasteiger partial charge in [-0.25, -0.2) is 9.97 Å². The molecule has 1 unspecified atom stereocenters. The highest BCUT2D eigenvalue weighted by Gasteiger charge is 2.31. The Morgan fingerprint density at radius 2 is 2.00 bits per heavy atom. The van der Waals surface area contributed by atoms with Gasteiger partial charge in [0.05, 0.1) is 18.2 Å². The topological polar surface area (TPSA) is 47.0 Å². The zero-order valence-corrected chi connectivity index (χ0v) is 16.6. The van der Waals surface area contributed by atoms with Crippen molar-refractivity contribution >= 4 is 33.1 Å². The lowest BCUT2D eigenvalue weighted by molar-refractivity contribution is 0.218. The number of para-hydroxylation sites is 2. The Balaban J connectivity index is 1.75. The molecule has 0 radical (unpaired) electrons. The fourth-order valence-electron chi connectivity index (χ4n) is 3.82. The lowest BCUT2D eigenvalue weighted by Gasteiger charge is -2.33.